The maximum Gasteiger partial charge on any atom is 0.237 e. The lowest BCUT2D eigenvalue weighted by Gasteiger charge is -2.37. The molecule has 1 N–H and O–H groups in total. The average Bonchev–Trinajstić information content (AvgIpc) is 2.68. The predicted octanol–water partition coefficient (Wildman–Crippen LogP) is 2.00. The summed E-state index contributed by atoms with van der Waals surface area (Å²) in [5.74, 6) is 1.25. The van der Waals surface area contributed by atoms with Crippen LogP contribution in [0.3, 0.4) is 0 Å². The first kappa shape index (κ1) is 18.1. The van der Waals surface area contributed by atoms with Crippen molar-refractivity contribution < 1.29 is 4.79 Å². The molecule has 138 valence electrons. The van der Waals surface area contributed by atoms with Gasteiger partial charge < -0.3 is 10.2 Å². The summed E-state index contributed by atoms with van der Waals surface area (Å²) in [4.78, 5) is 26.0. The Bertz CT molecular complexity index is 571. The van der Waals surface area contributed by atoms with Crippen molar-refractivity contribution in [2.45, 2.75) is 64.5 Å². The van der Waals surface area contributed by atoms with E-state index in [1.54, 1.807) is 6.33 Å². The molecule has 6 nitrogen and oxygen atoms in total. The van der Waals surface area contributed by atoms with Crippen LogP contribution in [-0.2, 0) is 11.2 Å². The molecule has 0 bridgehead atoms. The summed E-state index contributed by atoms with van der Waals surface area (Å²) in [7, 11) is 0. The summed E-state index contributed by atoms with van der Waals surface area (Å²) < 4.78 is 0. The lowest BCUT2D eigenvalue weighted by atomic mass is 9.99. The van der Waals surface area contributed by atoms with Crippen molar-refractivity contribution in [3.05, 3.63) is 18.1 Å². The highest BCUT2D eigenvalue weighted by Crippen LogP contribution is 2.20. The van der Waals surface area contributed by atoms with Gasteiger partial charge in [0.25, 0.3) is 0 Å². The molecule has 1 unspecified atom stereocenters. The van der Waals surface area contributed by atoms with Gasteiger partial charge in [-0.25, -0.2) is 9.97 Å². The highest BCUT2D eigenvalue weighted by atomic mass is 16.2. The van der Waals surface area contributed by atoms with Gasteiger partial charge >= 0.3 is 0 Å². The number of carbonyl (C=O) groups excluding carboxylic acids is 1. The lowest BCUT2D eigenvalue weighted by molar-refractivity contribution is -0.128. The SMILES string of the molecule is CCc1cc(N2CCC(NC(=O)C3CCCCN3CC)CC2)ncn1. The number of aromatic nitrogens is 2. The van der Waals surface area contributed by atoms with Crippen molar-refractivity contribution >= 4 is 11.7 Å². The molecule has 2 aliphatic heterocycles. The van der Waals surface area contributed by atoms with Gasteiger partial charge in [-0.2, -0.15) is 0 Å². The van der Waals surface area contributed by atoms with E-state index in [9.17, 15) is 4.79 Å². The summed E-state index contributed by atoms with van der Waals surface area (Å²) in [6, 6.07) is 2.45. The van der Waals surface area contributed by atoms with E-state index < -0.39 is 0 Å². The zero-order valence-corrected chi connectivity index (χ0v) is 15.6. The number of nitrogens with zero attached hydrogens (tertiary/aromatic N) is 4. The predicted molar refractivity (Wildman–Crippen MR) is 99.7 cm³/mol. The second-order valence-corrected chi connectivity index (χ2v) is 7.13. The van der Waals surface area contributed by atoms with E-state index in [1.165, 1.54) is 12.8 Å². The molecule has 0 radical (unpaired) electrons. The van der Waals surface area contributed by atoms with E-state index in [2.05, 4.69) is 45.0 Å². The Hall–Kier alpha value is -1.69. The first-order valence-electron chi connectivity index (χ1n) is 9.81. The molecule has 0 aromatic carbocycles. The molecular formula is C19H31N5O. The van der Waals surface area contributed by atoms with Crippen molar-refractivity contribution in [1.82, 2.24) is 20.2 Å². The second-order valence-electron chi connectivity index (χ2n) is 7.13. The monoisotopic (exact) mass is 345 g/mol. The zero-order chi connectivity index (χ0) is 17.6. The third-order valence-corrected chi connectivity index (χ3v) is 5.56. The van der Waals surface area contributed by atoms with Gasteiger partial charge in [0.15, 0.2) is 0 Å². The number of anilines is 1. The smallest absolute Gasteiger partial charge is 0.237 e. The minimum atomic E-state index is 0.0748. The molecule has 0 aliphatic carbocycles. The van der Waals surface area contributed by atoms with Crippen LogP contribution in [-0.4, -0.2) is 59.0 Å². The number of hydrogen-bond donors (Lipinski definition) is 1. The average molecular weight is 345 g/mol. The van der Waals surface area contributed by atoms with Crippen molar-refractivity contribution in [1.29, 1.82) is 0 Å². The van der Waals surface area contributed by atoms with E-state index in [1.807, 2.05) is 0 Å². The summed E-state index contributed by atoms with van der Waals surface area (Å²) in [6.45, 7) is 8.15. The van der Waals surface area contributed by atoms with E-state index in [0.717, 1.165) is 63.4 Å². The number of piperidine rings is 2. The van der Waals surface area contributed by atoms with Crippen molar-refractivity contribution in [3.8, 4) is 0 Å². The fraction of sp³-hybridized carbons (Fsp3) is 0.737. The molecule has 3 rings (SSSR count). The van der Waals surface area contributed by atoms with Crippen molar-refractivity contribution in [2.75, 3.05) is 31.1 Å². The molecule has 1 aromatic heterocycles. The molecule has 2 fully saturated rings. The van der Waals surface area contributed by atoms with E-state index in [4.69, 9.17) is 0 Å². The van der Waals surface area contributed by atoms with Crippen LogP contribution in [0.2, 0.25) is 0 Å². The van der Waals surface area contributed by atoms with Crippen LogP contribution in [0.15, 0.2) is 12.4 Å². The maximum absolute atomic E-state index is 12.7. The summed E-state index contributed by atoms with van der Waals surface area (Å²) >= 11 is 0. The minimum Gasteiger partial charge on any atom is -0.356 e. The van der Waals surface area contributed by atoms with Crippen molar-refractivity contribution in [3.63, 3.8) is 0 Å². The molecule has 1 aromatic rings. The fourth-order valence-corrected chi connectivity index (χ4v) is 3.97. The Morgan fingerprint density at radius 1 is 1.16 bits per heavy atom. The van der Waals surface area contributed by atoms with Crippen molar-refractivity contribution in [2.24, 2.45) is 0 Å². The Kier molecular flexibility index (Phi) is 6.24. The summed E-state index contributed by atoms with van der Waals surface area (Å²) in [5, 5.41) is 3.31. The number of rotatable bonds is 5. The molecule has 1 atom stereocenters. The highest BCUT2D eigenvalue weighted by molar-refractivity contribution is 5.82. The van der Waals surface area contributed by atoms with Gasteiger partial charge in [-0.1, -0.05) is 20.3 Å². The second kappa shape index (κ2) is 8.61. The fourth-order valence-electron chi connectivity index (χ4n) is 3.97. The standard InChI is InChI=1S/C19H31N5O/c1-3-15-13-18(21-14-20-15)24-11-8-16(9-12-24)22-19(25)17-7-5-6-10-23(17)4-2/h13-14,16-17H,3-12H2,1-2H3,(H,22,25). The molecule has 0 saturated carbocycles. The Morgan fingerprint density at radius 2 is 1.96 bits per heavy atom. The van der Waals surface area contributed by atoms with Crippen LogP contribution in [0.5, 0.6) is 0 Å². The molecule has 0 spiro atoms. The molecule has 6 heteroatoms. The number of hydrogen-bond acceptors (Lipinski definition) is 5. The number of carbonyl (C=O) groups is 1. The molecular weight excluding hydrogens is 314 g/mol. The molecule has 3 heterocycles. The number of amides is 1. The first-order valence-corrected chi connectivity index (χ1v) is 9.81. The number of likely N-dealkylation sites (N-methyl/N-ethyl adjacent to an activating group) is 1. The van der Waals surface area contributed by atoms with Gasteiger partial charge in [-0.05, 0) is 45.2 Å². The van der Waals surface area contributed by atoms with Crippen LogP contribution in [0.4, 0.5) is 5.82 Å². The van der Waals surface area contributed by atoms with Gasteiger partial charge in [0.2, 0.25) is 5.91 Å². The molecule has 25 heavy (non-hydrogen) atoms. The number of likely N-dealkylation sites (tertiary alicyclic amines) is 1. The molecule has 1 amide bonds. The molecule has 2 saturated heterocycles. The molecule has 2 aliphatic rings. The first-order chi connectivity index (χ1) is 12.2. The Labute approximate surface area is 151 Å². The minimum absolute atomic E-state index is 0.0748. The van der Waals surface area contributed by atoms with Crippen LogP contribution in [0, 0.1) is 0 Å². The Balaban J connectivity index is 1.51. The van der Waals surface area contributed by atoms with Crippen LogP contribution < -0.4 is 10.2 Å². The Morgan fingerprint density at radius 3 is 2.68 bits per heavy atom. The van der Waals surface area contributed by atoms with Gasteiger partial charge in [0.05, 0.1) is 6.04 Å². The van der Waals surface area contributed by atoms with Gasteiger partial charge in [-0.15, -0.1) is 0 Å². The zero-order valence-electron chi connectivity index (χ0n) is 15.6. The third kappa shape index (κ3) is 4.48. The van der Waals surface area contributed by atoms with E-state index >= 15 is 0 Å². The maximum atomic E-state index is 12.7. The van der Waals surface area contributed by atoms with Crippen LogP contribution >= 0.6 is 0 Å². The van der Waals surface area contributed by atoms with Crippen LogP contribution in [0.25, 0.3) is 0 Å². The largest absolute Gasteiger partial charge is 0.356 e. The topological polar surface area (TPSA) is 61.4 Å². The quantitative estimate of drug-likeness (QED) is 0.884. The van der Waals surface area contributed by atoms with Gasteiger partial charge in [0, 0.05) is 30.9 Å². The summed E-state index contributed by atoms with van der Waals surface area (Å²) in [5.41, 5.74) is 1.08. The third-order valence-electron chi connectivity index (χ3n) is 5.56. The number of nitrogens with one attached hydrogen (secondary N) is 1. The summed E-state index contributed by atoms with van der Waals surface area (Å²) in [6.07, 6.45) is 7.93. The lowest BCUT2D eigenvalue weighted by Crippen LogP contribution is -2.53. The van der Waals surface area contributed by atoms with Crippen LogP contribution in [0.1, 0.15) is 51.6 Å². The van der Waals surface area contributed by atoms with Gasteiger partial charge in [-0.3, -0.25) is 9.69 Å². The number of aryl methyl sites for hydroxylation is 1. The van der Waals surface area contributed by atoms with E-state index in [-0.39, 0.29) is 18.0 Å². The van der Waals surface area contributed by atoms with E-state index in [0.29, 0.717) is 0 Å². The highest BCUT2D eigenvalue weighted by Gasteiger charge is 2.30. The normalized spacial score (nSPS) is 22.8. The van der Waals surface area contributed by atoms with Gasteiger partial charge in [0.1, 0.15) is 12.1 Å².